The predicted molar refractivity (Wildman–Crippen MR) is 97.4 cm³/mol. The quantitative estimate of drug-likeness (QED) is 0.746. The summed E-state index contributed by atoms with van der Waals surface area (Å²) in [5, 5.41) is 13.7. The molecule has 0 unspecified atom stereocenters. The first-order chi connectivity index (χ1) is 13.5. The number of anilines is 1. The van der Waals surface area contributed by atoms with E-state index < -0.39 is 12.4 Å². The molecule has 0 saturated carbocycles. The van der Waals surface area contributed by atoms with E-state index in [0.717, 1.165) is 19.5 Å². The topological polar surface area (TPSA) is 87.5 Å². The van der Waals surface area contributed by atoms with Gasteiger partial charge in [-0.15, -0.1) is 13.2 Å². The molecular formula is C18H20F4N4O3. The lowest BCUT2D eigenvalue weighted by Crippen LogP contribution is -2.48. The number of aliphatic hydroxyl groups is 1. The lowest BCUT2D eigenvalue weighted by atomic mass is 10.1. The minimum absolute atomic E-state index is 0.0141. The average Bonchev–Trinajstić information content (AvgIpc) is 2.55. The van der Waals surface area contributed by atoms with Crippen molar-refractivity contribution in [2.24, 2.45) is 7.05 Å². The normalized spacial score (nSPS) is 14.4. The van der Waals surface area contributed by atoms with Gasteiger partial charge < -0.3 is 15.3 Å². The second kappa shape index (κ2) is 9.03. The van der Waals surface area contributed by atoms with E-state index in [1.54, 1.807) is 37.1 Å². The number of carbonyl (C=O) groups excluding carboxylic acids is 1. The highest BCUT2D eigenvalue weighted by Crippen LogP contribution is 2.19. The summed E-state index contributed by atoms with van der Waals surface area (Å²) in [6.45, 7) is 3.34. The number of amides is 1. The van der Waals surface area contributed by atoms with Crippen molar-refractivity contribution in [3.05, 3.63) is 46.5 Å². The SMILES string of the molecule is C[C@@H](Nc1cc(-c2ccc(F)cc2)c(=O)n(C)n1)C(=O)N1CCC1.OC(F)(F)F. The van der Waals surface area contributed by atoms with E-state index in [0.29, 0.717) is 16.9 Å². The molecular weight excluding hydrogens is 396 g/mol. The Hall–Kier alpha value is -2.95. The Morgan fingerprint density at radius 3 is 2.28 bits per heavy atom. The van der Waals surface area contributed by atoms with Crippen LogP contribution in [0.4, 0.5) is 23.4 Å². The van der Waals surface area contributed by atoms with Gasteiger partial charge in [0.05, 0.1) is 5.56 Å². The highest BCUT2D eigenvalue weighted by atomic mass is 19.4. The van der Waals surface area contributed by atoms with Gasteiger partial charge in [0.15, 0.2) is 0 Å². The van der Waals surface area contributed by atoms with Gasteiger partial charge in [-0.2, -0.15) is 5.10 Å². The van der Waals surface area contributed by atoms with Crippen LogP contribution in [-0.4, -0.2) is 51.2 Å². The van der Waals surface area contributed by atoms with Crippen LogP contribution < -0.4 is 10.9 Å². The summed E-state index contributed by atoms with van der Waals surface area (Å²) in [7, 11) is 1.54. The van der Waals surface area contributed by atoms with Crippen molar-refractivity contribution >= 4 is 11.7 Å². The van der Waals surface area contributed by atoms with Crippen LogP contribution in [0.3, 0.4) is 0 Å². The van der Waals surface area contributed by atoms with E-state index in [2.05, 4.69) is 10.4 Å². The zero-order chi connectivity index (χ0) is 21.8. The van der Waals surface area contributed by atoms with Crippen molar-refractivity contribution in [1.82, 2.24) is 14.7 Å². The number of rotatable bonds is 4. The third kappa shape index (κ3) is 6.56. The second-order valence-electron chi connectivity index (χ2n) is 6.39. The molecule has 1 atom stereocenters. The maximum Gasteiger partial charge on any atom is 0.519 e. The molecule has 0 bridgehead atoms. The van der Waals surface area contributed by atoms with Crippen molar-refractivity contribution in [3.8, 4) is 11.1 Å². The number of alkyl halides is 3. The van der Waals surface area contributed by atoms with Crippen LogP contribution >= 0.6 is 0 Å². The molecule has 1 aliphatic rings. The number of likely N-dealkylation sites (tertiary alicyclic amines) is 1. The lowest BCUT2D eigenvalue weighted by molar-refractivity contribution is -0.295. The maximum absolute atomic E-state index is 13.1. The van der Waals surface area contributed by atoms with Gasteiger partial charge in [0.1, 0.15) is 17.7 Å². The van der Waals surface area contributed by atoms with Crippen LogP contribution in [-0.2, 0) is 11.8 Å². The van der Waals surface area contributed by atoms with Gasteiger partial charge in [-0.1, -0.05) is 12.1 Å². The molecule has 2 heterocycles. The average molecular weight is 416 g/mol. The number of nitrogens with one attached hydrogen (secondary N) is 1. The highest BCUT2D eigenvalue weighted by Gasteiger charge is 2.25. The van der Waals surface area contributed by atoms with Crippen LogP contribution in [0.5, 0.6) is 0 Å². The van der Waals surface area contributed by atoms with Crippen molar-refractivity contribution in [2.75, 3.05) is 18.4 Å². The fourth-order valence-electron chi connectivity index (χ4n) is 2.61. The van der Waals surface area contributed by atoms with Crippen LogP contribution in [0.1, 0.15) is 13.3 Å². The van der Waals surface area contributed by atoms with Crippen LogP contribution in [0.15, 0.2) is 35.1 Å². The Morgan fingerprint density at radius 1 is 1.24 bits per heavy atom. The van der Waals surface area contributed by atoms with E-state index in [1.165, 1.54) is 16.8 Å². The predicted octanol–water partition coefficient (Wildman–Crippen LogP) is 2.12. The summed E-state index contributed by atoms with van der Waals surface area (Å²) < 4.78 is 44.0. The first-order valence-electron chi connectivity index (χ1n) is 8.64. The van der Waals surface area contributed by atoms with Crippen LogP contribution in [0.25, 0.3) is 11.1 Å². The van der Waals surface area contributed by atoms with Gasteiger partial charge >= 0.3 is 6.36 Å². The first-order valence-corrected chi connectivity index (χ1v) is 8.64. The Kier molecular flexibility index (Phi) is 6.96. The van der Waals surface area contributed by atoms with E-state index in [1.807, 2.05) is 0 Å². The fourth-order valence-corrected chi connectivity index (χ4v) is 2.61. The van der Waals surface area contributed by atoms with Gasteiger partial charge in [-0.25, -0.2) is 9.07 Å². The van der Waals surface area contributed by atoms with Gasteiger partial charge in [-0.3, -0.25) is 9.59 Å². The zero-order valence-corrected chi connectivity index (χ0v) is 15.7. The second-order valence-corrected chi connectivity index (χ2v) is 6.39. The summed E-state index contributed by atoms with van der Waals surface area (Å²) in [5.74, 6) is 0.0785. The molecule has 2 aromatic rings. The molecule has 7 nitrogen and oxygen atoms in total. The van der Waals surface area contributed by atoms with E-state index in [4.69, 9.17) is 5.11 Å². The molecule has 1 saturated heterocycles. The number of benzene rings is 1. The standard InChI is InChI=1S/C17H19FN4O2.CHF3O/c1-11(16(23)22-8-3-9-22)19-15-10-14(17(24)21(2)20-15)12-4-6-13(18)7-5-12;2-1(3,4)5/h4-7,10-11H,3,8-9H2,1-2H3,(H,19,20);5H/t11-;/m1./s1. The van der Waals surface area contributed by atoms with Crippen LogP contribution in [0.2, 0.25) is 0 Å². The number of carbonyl (C=O) groups is 1. The third-order valence-corrected chi connectivity index (χ3v) is 4.12. The zero-order valence-electron chi connectivity index (χ0n) is 15.7. The summed E-state index contributed by atoms with van der Waals surface area (Å²) in [5.41, 5.74) is 0.719. The number of aromatic nitrogens is 2. The molecule has 1 fully saturated rings. The smallest absolute Gasteiger partial charge is 0.357 e. The Balaban J connectivity index is 0.000000537. The first kappa shape index (κ1) is 22.3. The molecule has 2 N–H and O–H groups in total. The molecule has 1 aromatic carbocycles. The number of halogens is 4. The summed E-state index contributed by atoms with van der Waals surface area (Å²) in [4.78, 5) is 26.3. The molecule has 158 valence electrons. The van der Waals surface area contributed by atoms with E-state index in [9.17, 15) is 27.2 Å². The lowest BCUT2D eigenvalue weighted by Gasteiger charge is -2.33. The van der Waals surface area contributed by atoms with Gasteiger partial charge in [0.25, 0.3) is 5.56 Å². The minimum atomic E-state index is -5.00. The summed E-state index contributed by atoms with van der Waals surface area (Å²) >= 11 is 0. The van der Waals surface area contributed by atoms with Crippen molar-refractivity contribution in [1.29, 1.82) is 0 Å². The van der Waals surface area contributed by atoms with Crippen molar-refractivity contribution in [2.45, 2.75) is 25.7 Å². The molecule has 0 aliphatic carbocycles. The molecule has 0 radical (unpaired) electrons. The molecule has 11 heteroatoms. The summed E-state index contributed by atoms with van der Waals surface area (Å²) in [6, 6.07) is 6.86. The largest absolute Gasteiger partial charge is 0.519 e. The number of aryl methyl sites for hydroxylation is 1. The Morgan fingerprint density at radius 2 is 1.79 bits per heavy atom. The summed E-state index contributed by atoms with van der Waals surface area (Å²) in [6.07, 6.45) is -3.97. The molecule has 0 spiro atoms. The fraction of sp³-hybridized carbons (Fsp3) is 0.389. The third-order valence-electron chi connectivity index (χ3n) is 4.12. The molecule has 29 heavy (non-hydrogen) atoms. The number of hydrogen-bond acceptors (Lipinski definition) is 5. The monoisotopic (exact) mass is 416 g/mol. The molecule has 1 amide bonds. The molecule has 1 aromatic heterocycles. The molecule has 1 aliphatic heterocycles. The Labute approximate surface area is 163 Å². The maximum atomic E-state index is 13.1. The number of hydrogen-bond donors (Lipinski definition) is 2. The number of nitrogens with zero attached hydrogens (tertiary/aromatic N) is 3. The van der Waals surface area contributed by atoms with E-state index in [-0.39, 0.29) is 17.3 Å². The van der Waals surface area contributed by atoms with Crippen LogP contribution in [0, 0.1) is 5.82 Å². The van der Waals surface area contributed by atoms with E-state index >= 15 is 0 Å². The minimum Gasteiger partial charge on any atom is -0.357 e. The molecule has 3 rings (SSSR count). The van der Waals surface area contributed by atoms with Gasteiger partial charge in [0.2, 0.25) is 5.91 Å². The Bertz CT molecular complexity index is 903. The van der Waals surface area contributed by atoms with Crippen molar-refractivity contribution < 1.29 is 27.5 Å². The van der Waals surface area contributed by atoms with Gasteiger partial charge in [0, 0.05) is 20.1 Å². The van der Waals surface area contributed by atoms with Crippen molar-refractivity contribution in [3.63, 3.8) is 0 Å². The van der Waals surface area contributed by atoms with Gasteiger partial charge in [-0.05, 0) is 37.1 Å². The highest BCUT2D eigenvalue weighted by molar-refractivity contribution is 5.84.